The zero-order valence-electron chi connectivity index (χ0n) is 13.7. The summed E-state index contributed by atoms with van der Waals surface area (Å²) in [5, 5.41) is 9.01. The van der Waals surface area contributed by atoms with Crippen molar-refractivity contribution in [2.75, 3.05) is 39.3 Å². The first-order valence-electron chi connectivity index (χ1n) is 8.15. The summed E-state index contributed by atoms with van der Waals surface area (Å²) in [6, 6.07) is 0. The predicted molar refractivity (Wildman–Crippen MR) is 82.2 cm³/mol. The number of carbonyl (C=O) groups excluding carboxylic acids is 1. The van der Waals surface area contributed by atoms with Gasteiger partial charge in [0.05, 0.1) is 6.61 Å². The van der Waals surface area contributed by atoms with E-state index < -0.39 is 5.60 Å². The molecule has 2 saturated heterocycles. The number of hydrogen-bond acceptors (Lipinski definition) is 4. The maximum Gasteiger partial charge on any atom is 0.410 e. The number of nitrogens with zero attached hydrogens (tertiary/aromatic N) is 2. The van der Waals surface area contributed by atoms with Crippen LogP contribution in [0.3, 0.4) is 0 Å². The first-order valence-corrected chi connectivity index (χ1v) is 8.15. The summed E-state index contributed by atoms with van der Waals surface area (Å²) in [5.74, 6) is 0. The highest BCUT2D eigenvalue weighted by atomic mass is 16.6. The van der Waals surface area contributed by atoms with Crippen molar-refractivity contribution < 1.29 is 14.6 Å². The average molecular weight is 298 g/mol. The third kappa shape index (κ3) is 4.58. The summed E-state index contributed by atoms with van der Waals surface area (Å²) in [6.45, 7) is 10.6. The molecule has 2 aliphatic heterocycles. The fourth-order valence-electron chi connectivity index (χ4n) is 3.38. The molecule has 0 radical (unpaired) electrons. The van der Waals surface area contributed by atoms with Gasteiger partial charge in [0, 0.05) is 19.6 Å². The molecule has 1 N–H and O–H groups in total. The molecule has 1 spiro atoms. The van der Waals surface area contributed by atoms with Crippen molar-refractivity contribution in [1.29, 1.82) is 0 Å². The summed E-state index contributed by atoms with van der Waals surface area (Å²) >= 11 is 0. The molecule has 1 amide bonds. The molecule has 2 rings (SSSR count). The van der Waals surface area contributed by atoms with Crippen molar-refractivity contribution in [3.63, 3.8) is 0 Å². The van der Waals surface area contributed by atoms with Crippen LogP contribution in [-0.2, 0) is 4.74 Å². The summed E-state index contributed by atoms with van der Waals surface area (Å²) in [5.41, 5.74) is -0.00762. The SMILES string of the molecule is CC(C)(C)OC(=O)N1CCC2(CCN(CCO)CC2)CC1. The van der Waals surface area contributed by atoms with E-state index in [4.69, 9.17) is 9.84 Å². The standard InChI is InChI=1S/C16H30N2O3/c1-15(2,3)21-14(20)18-10-6-16(7-11-18)4-8-17(9-5-16)12-13-19/h19H,4-13H2,1-3H3. The van der Waals surface area contributed by atoms with E-state index in [2.05, 4.69) is 4.90 Å². The second kappa shape index (κ2) is 6.53. The van der Waals surface area contributed by atoms with Crippen molar-refractivity contribution in [2.45, 2.75) is 52.1 Å². The van der Waals surface area contributed by atoms with E-state index in [1.807, 2.05) is 25.7 Å². The lowest BCUT2D eigenvalue weighted by Gasteiger charge is -2.46. The third-order valence-corrected chi connectivity index (χ3v) is 4.81. The summed E-state index contributed by atoms with van der Waals surface area (Å²) in [7, 11) is 0. The number of β-amino-alcohol motifs (C(OH)–C–C–N with tert-alkyl or cyclic N) is 1. The van der Waals surface area contributed by atoms with Crippen molar-refractivity contribution in [2.24, 2.45) is 5.41 Å². The van der Waals surface area contributed by atoms with Gasteiger partial charge in [0.15, 0.2) is 0 Å². The summed E-state index contributed by atoms with van der Waals surface area (Å²) < 4.78 is 5.45. The van der Waals surface area contributed by atoms with Crippen LogP contribution in [0.1, 0.15) is 46.5 Å². The van der Waals surface area contributed by atoms with Gasteiger partial charge in [-0.15, -0.1) is 0 Å². The molecule has 0 atom stereocenters. The van der Waals surface area contributed by atoms with Crippen LogP contribution in [0.15, 0.2) is 0 Å². The molecule has 2 heterocycles. The lowest BCUT2D eigenvalue weighted by Crippen LogP contribution is -2.49. The van der Waals surface area contributed by atoms with Crippen molar-refractivity contribution in [3.05, 3.63) is 0 Å². The molecule has 0 unspecified atom stereocenters. The molecule has 5 heteroatoms. The van der Waals surface area contributed by atoms with Gasteiger partial charge in [-0.1, -0.05) is 0 Å². The minimum Gasteiger partial charge on any atom is -0.444 e. The van der Waals surface area contributed by atoms with Gasteiger partial charge in [0.25, 0.3) is 0 Å². The number of ether oxygens (including phenoxy) is 1. The van der Waals surface area contributed by atoms with E-state index in [0.717, 1.165) is 45.6 Å². The first kappa shape index (κ1) is 16.6. The quantitative estimate of drug-likeness (QED) is 0.848. The maximum atomic E-state index is 12.1. The zero-order valence-corrected chi connectivity index (χ0v) is 13.7. The zero-order chi connectivity index (χ0) is 15.5. The highest BCUT2D eigenvalue weighted by Gasteiger charge is 2.39. The molecule has 122 valence electrons. The second-order valence-corrected chi connectivity index (χ2v) is 7.53. The Morgan fingerprint density at radius 1 is 1.10 bits per heavy atom. The molecule has 2 aliphatic rings. The number of likely N-dealkylation sites (tertiary alicyclic amines) is 2. The van der Waals surface area contributed by atoms with E-state index in [-0.39, 0.29) is 12.7 Å². The number of rotatable bonds is 2. The van der Waals surface area contributed by atoms with Crippen molar-refractivity contribution >= 4 is 6.09 Å². The molecule has 5 nitrogen and oxygen atoms in total. The topological polar surface area (TPSA) is 53.0 Å². The Balaban J connectivity index is 1.79. The van der Waals surface area contributed by atoms with Crippen LogP contribution in [0.2, 0.25) is 0 Å². The van der Waals surface area contributed by atoms with Crippen LogP contribution >= 0.6 is 0 Å². The van der Waals surface area contributed by atoms with E-state index in [0.29, 0.717) is 5.41 Å². The fourth-order valence-corrected chi connectivity index (χ4v) is 3.38. The predicted octanol–water partition coefficient (Wildman–Crippen LogP) is 2.09. The maximum absolute atomic E-state index is 12.1. The van der Waals surface area contributed by atoms with E-state index in [1.54, 1.807) is 0 Å². The van der Waals surface area contributed by atoms with Gasteiger partial charge in [-0.3, -0.25) is 0 Å². The van der Waals surface area contributed by atoms with Crippen LogP contribution < -0.4 is 0 Å². The van der Waals surface area contributed by atoms with Gasteiger partial charge < -0.3 is 19.6 Å². The number of hydrogen-bond donors (Lipinski definition) is 1. The number of aliphatic hydroxyl groups excluding tert-OH is 1. The lowest BCUT2D eigenvalue weighted by molar-refractivity contribution is -0.00360. The Bertz CT molecular complexity index is 347. The fraction of sp³-hybridized carbons (Fsp3) is 0.938. The molecule has 0 aromatic rings. The minimum absolute atomic E-state index is 0.171. The van der Waals surface area contributed by atoms with Gasteiger partial charge in [-0.25, -0.2) is 4.79 Å². The molecule has 0 aromatic heterocycles. The molecular weight excluding hydrogens is 268 g/mol. The Kier molecular flexibility index (Phi) is 5.15. The van der Waals surface area contributed by atoms with Gasteiger partial charge in [-0.05, 0) is 65.0 Å². The molecule has 2 fully saturated rings. The summed E-state index contributed by atoms with van der Waals surface area (Å²) in [4.78, 5) is 16.3. The Hall–Kier alpha value is -0.810. The van der Waals surface area contributed by atoms with Crippen LogP contribution in [0.4, 0.5) is 4.79 Å². The van der Waals surface area contributed by atoms with Gasteiger partial charge >= 0.3 is 6.09 Å². The van der Waals surface area contributed by atoms with Gasteiger partial charge in [-0.2, -0.15) is 0 Å². The Morgan fingerprint density at radius 2 is 1.62 bits per heavy atom. The largest absolute Gasteiger partial charge is 0.444 e. The molecule has 0 aliphatic carbocycles. The van der Waals surface area contributed by atoms with E-state index in [9.17, 15) is 4.79 Å². The van der Waals surface area contributed by atoms with Crippen LogP contribution in [-0.4, -0.2) is 65.9 Å². The average Bonchev–Trinajstić information content (AvgIpc) is 2.41. The minimum atomic E-state index is -0.415. The Labute approximate surface area is 128 Å². The van der Waals surface area contributed by atoms with Gasteiger partial charge in [0.2, 0.25) is 0 Å². The lowest BCUT2D eigenvalue weighted by atomic mass is 9.71. The number of amides is 1. The normalized spacial score (nSPS) is 23.3. The van der Waals surface area contributed by atoms with Crippen LogP contribution in [0.5, 0.6) is 0 Å². The molecule has 21 heavy (non-hydrogen) atoms. The number of aliphatic hydroxyl groups is 1. The van der Waals surface area contributed by atoms with Crippen LogP contribution in [0.25, 0.3) is 0 Å². The highest BCUT2D eigenvalue weighted by molar-refractivity contribution is 5.68. The van der Waals surface area contributed by atoms with E-state index in [1.165, 1.54) is 12.8 Å². The smallest absolute Gasteiger partial charge is 0.410 e. The van der Waals surface area contributed by atoms with Crippen molar-refractivity contribution in [3.8, 4) is 0 Å². The summed E-state index contributed by atoms with van der Waals surface area (Å²) in [6.07, 6.45) is 4.37. The first-order chi connectivity index (χ1) is 9.84. The number of piperidine rings is 2. The van der Waals surface area contributed by atoms with Crippen molar-refractivity contribution in [1.82, 2.24) is 9.80 Å². The van der Waals surface area contributed by atoms with Gasteiger partial charge in [0.1, 0.15) is 5.60 Å². The number of carbonyl (C=O) groups is 1. The monoisotopic (exact) mass is 298 g/mol. The molecule has 0 aromatic carbocycles. The van der Waals surface area contributed by atoms with E-state index >= 15 is 0 Å². The molecular formula is C16H30N2O3. The Morgan fingerprint density at radius 3 is 2.10 bits per heavy atom. The third-order valence-electron chi connectivity index (χ3n) is 4.81. The molecule has 0 saturated carbocycles. The molecule has 0 bridgehead atoms. The highest BCUT2D eigenvalue weighted by Crippen LogP contribution is 2.41. The van der Waals surface area contributed by atoms with Crippen LogP contribution in [0, 0.1) is 5.41 Å². The second-order valence-electron chi connectivity index (χ2n) is 7.53.